The standard InChI is InChI=1S/C16H19N3O5S/c1-9-10(2)25-14-13(9)15(21)19(8-17-14)4-3-12(20)18-5-6-24-11(7-18)16(22)23/h8,11H,3-7H2,1-2H3,(H,22,23)/t11-/m0/s1. The summed E-state index contributed by atoms with van der Waals surface area (Å²) in [5.41, 5.74) is 0.778. The number of aromatic nitrogens is 2. The summed E-state index contributed by atoms with van der Waals surface area (Å²) < 4.78 is 6.55. The Hall–Kier alpha value is -2.26. The zero-order valence-corrected chi connectivity index (χ0v) is 14.8. The lowest BCUT2D eigenvalue weighted by molar-refractivity contribution is -0.159. The van der Waals surface area contributed by atoms with Gasteiger partial charge in [-0.2, -0.15) is 0 Å². The lowest BCUT2D eigenvalue weighted by atomic mass is 10.2. The maximum Gasteiger partial charge on any atom is 0.334 e. The first-order valence-corrected chi connectivity index (χ1v) is 8.77. The largest absolute Gasteiger partial charge is 0.479 e. The lowest BCUT2D eigenvalue weighted by Gasteiger charge is -2.31. The molecule has 1 amide bonds. The van der Waals surface area contributed by atoms with Gasteiger partial charge in [0.1, 0.15) is 4.83 Å². The predicted molar refractivity (Wildman–Crippen MR) is 91.9 cm³/mol. The van der Waals surface area contributed by atoms with Crippen LogP contribution >= 0.6 is 11.3 Å². The molecule has 0 unspecified atom stereocenters. The number of carbonyl (C=O) groups is 2. The number of hydrogen-bond acceptors (Lipinski definition) is 6. The van der Waals surface area contributed by atoms with Crippen molar-refractivity contribution in [2.75, 3.05) is 19.7 Å². The van der Waals surface area contributed by atoms with Gasteiger partial charge in [-0.05, 0) is 19.4 Å². The number of morpholine rings is 1. The van der Waals surface area contributed by atoms with Crippen LogP contribution in [-0.2, 0) is 20.9 Å². The molecule has 3 heterocycles. The normalized spacial score (nSPS) is 17.8. The Morgan fingerprint density at radius 1 is 1.44 bits per heavy atom. The SMILES string of the molecule is Cc1sc2ncn(CCC(=O)N3CCO[C@H](C(=O)O)C3)c(=O)c2c1C. The third kappa shape index (κ3) is 3.42. The molecule has 25 heavy (non-hydrogen) atoms. The maximum atomic E-state index is 12.6. The van der Waals surface area contributed by atoms with Crippen LogP contribution in [-0.4, -0.2) is 57.2 Å². The van der Waals surface area contributed by atoms with Crippen molar-refractivity contribution in [2.45, 2.75) is 32.9 Å². The van der Waals surface area contributed by atoms with Crippen LogP contribution in [0.4, 0.5) is 0 Å². The molecule has 2 aromatic heterocycles. The molecule has 1 saturated heterocycles. The van der Waals surface area contributed by atoms with Crippen LogP contribution in [0.2, 0.25) is 0 Å². The van der Waals surface area contributed by atoms with Gasteiger partial charge in [0.2, 0.25) is 5.91 Å². The molecule has 1 atom stereocenters. The average molecular weight is 365 g/mol. The van der Waals surface area contributed by atoms with Gasteiger partial charge in [0, 0.05) is 24.4 Å². The molecule has 0 spiro atoms. The minimum absolute atomic E-state index is 0.0309. The topological polar surface area (TPSA) is 102 Å². The highest BCUT2D eigenvalue weighted by Crippen LogP contribution is 2.25. The minimum Gasteiger partial charge on any atom is -0.479 e. The third-order valence-corrected chi connectivity index (χ3v) is 5.53. The molecular formula is C16H19N3O5S. The van der Waals surface area contributed by atoms with Gasteiger partial charge in [-0.1, -0.05) is 0 Å². The summed E-state index contributed by atoms with van der Waals surface area (Å²) in [4.78, 5) is 43.5. The van der Waals surface area contributed by atoms with Gasteiger partial charge >= 0.3 is 5.97 Å². The van der Waals surface area contributed by atoms with E-state index in [9.17, 15) is 14.4 Å². The van der Waals surface area contributed by atoms with Gasteiger partial charge in [0.05, 0.1) is 24.9 Å². The van der Waals surface area contributed by atoms with E-state index < -0.39 is 12.1 Å². The molecule has 9 heteroatoms. The molecule has 1 N–H and O–H groups in total. The highest BCUT2D eigenvalue weighted by molar-refractivity contribution is 7.18. The first-order valence-electron chi connectivity index (χ1n) is 7.95. The summed E-state index contributed by atoms with van der Waals surface area (Å²) in [5, 5.41) is 9.60. The lowest BCUT2D eigenvalue weighted by Crippen LogP contribution is -2.48. The number of amides is 1. The monoisotopic (exact) mass is 365 g/mol. The van der Waals surface area contributed by atoms with Gasteiger partial charge in [0.25, 0.3) is 5.56 Å². The first-order chi connectivity index (χ1) is 11.9. The van der Waals surface area contributed by atoms with Crippen molar-refractivity contribution >= 4 is 33.4 Å². The molecule has 1 aliphatic rings. The summed E-state index contributed by atoms with van der Waals surface area (Å²) in [6.07, 6.45) is 0.587. The van der Waals surface area contributed by atoms with Crippen LogP contribution in [0.15, 0.2) is 11.1 Å². The summed E-state index contributed by atoms with van der Waals surface area (Å²) >= 11 is 1.48. The minimum atomic E-state index is -1.08. The number of nitrogens with zero attached hydrogens (tertiary/aromatic N) is 3. The van der Waals surface area contributed by atoms with Crippen molar-refractivity contribution in [3.8, 4) is 0 Å². The molecule has 0 aliphatic carbocycles. The van der Waals surface area contributed by atoms with E-state index >= 15 is 0 Å². The van der Waals surface area contributed by atoms with Crippen LogP contribution in [0.3, 0.4) is 0 Å². The van der Waals surface area contributed by atoms with Crippen molar-refractivity contribution in [3.63, 3.8) is 0 Å². The van der Waals surface area contributed by atoms with E-state index in [1.807, 2.05) is 13.8 Å². The number of carboxylic acids is 1. The summed E-state index contributed by atoms with van der Waals surface area (Å²) in [6.45, 7) is 4.65. The smallest absolute Gasteiger partial charge is 0.334 e. The number of aryl methyl sites for hydroxylation is 3. The van der Waals surface area contributed by atoms with Crippen molar-refractivity contribution in [1.29, 1.82) is 0 Å². The summed E-state index contributed by atoms with van der Waals surface area (Å²) in [6, 6.07) is 0. The Labute approximate surface area is 147 Å². The average Bonchev–Trinajstić information content (AvgIpc) is 2.89. The molecule has 2 aromatic rings. The van der Waals surface area contributed by atoms with Gasteiger partial charge in [-0.25, -0.2) is 9.78 Å². The fourth-order valence-corrected chi connectivity index (χ4v) is 3.82. The molecule has 3 rings (SSSR count). The van der Waals surface area contributed by atoms with E-state index in [1.165, 1.54) is 27.1 Å². The van der Waals surface area contributed by atoms with Gasteiger partial charge in [-0.15, -0.1) is 11.3 Å². The zero-order valence-electron chi connectivity index (χ0n) is 14.0. The summed E-state index contributed by atoms with van der Waals surface area (Å²) in [7, 11) is 0. The molecule has 134 valence electrons. The fourth-order valence-electron chi connectivity index (χ4n) is 2.83. The van der Waals surface area contributed by atoms with Gasteiger partial charge in [0.15, 0.2) is 6.10 Å². The Morgan fingerprint density at radius 3 is 2.92 bits per heavy atom. The number of fused-ring (bicyclic) bond motifs is 1. The molecular weight excluding hydrogens is 346 g/mol. The second kappa shape index (κ2) is 6.93. The molecule has 0 aromatic carbocycles. The predicted octanol–water partition coefficient (Wildman–Crippen LogP) is 0.777. The second-order valence-electron chi connectivity index (χ2n) is 5.99. The Morgan fingerprint density at radius 2 is 2.20 bits per heavy atom. The highest BCUT2D eigenvalue weighted by atomic mass is 32.1. The van der Waals surface area contributed by atoms with Crippen LogP contribution in [0, 0.1) is 13.8 Å². The number of aliphatic carboxylic acids is 1. The molecule has 1 aliphatic heterocycles. The zero-order chi connectivity index (χ0) is 18.1. The molecule has 8 nitrogen and oxygen atoms in total. The van der Waals surface area contributed by atoms with E-state index in [1.54, 1.807) is 0 Å². The maximum absolute atomic E-state index is 12.6. The molecule has 0 saturated carbocycles. The number of thiophene rings is 1. The van der Waals surface area contributed by atoms with E-state index in [2.05, 4.69) is 4.98 Å². The molecule has 1 fully saturated rings. The number of carboxylic acid groups (broad SMARTS) is 1. The van der Waals surface area contributed by atoms with Gasteiger partial charge in [-0.3, -0.25) is 14.2 Å². The number of ether oxygens (including phenoxy) is 1. The fraction of sp³-hybridized carbons (Fsp3) is 0.500. The van der Waals surface area contributed by atoms with E-state index in [0.29, 0.717) is 16.8 Å². The third-order valence-electron chi connectivity index (χ3n) is 4.42. The van der Waals surface area contributed by atoms with Crippen LogP contribution in [0.25, 0.3) is 10.2 Å². The van der Waals surface area contributed by atoms with Crippen LogP contribution < -0.4 is 5.56 Å². The highest BCUT2D eigenvalue weighted by Gasteiger charge is 2.28. The van der Waals surface area contributed by atoms with E-state index in [-0.39, 0.29) is 37.6 Å². The number of carbonyl (C=O) groups excluding carboxylic acids is 1. The second-order valence-corrected chi connectivity index (χ2v) is 7.20. The van der Waals surface area contributed by atoms with E-state index in [4.69, 9.17) is 9.84 Å². The van der Waals surface area contributed by atoms with E-state index in [0.717, 1.165) is 10.4 Å². The Balaban J connectivity index is 1.71. The first kappa shape index (κ1) is 17.6. The van der Waals surface area contributed by atoms with Crippen molar-refractivity contribution in [1.82, 2.24) is 14.5 Å². The van der Waals surface area contributed by atoms with Gasteiger partial charge < -0.3 is 14.7 Å². The van der Waals surface area contributed by atoms with Crippen LogP contribution in [0.5, 0.6) is 0 Å². The number of rotatable bonds is 4. The number of hydrogen-bond donors (Lipinski definition) is 1. The quantitative estimate of drug-likeness (QED) is 0.859. The van der Waals surface area contributed by atoms with Crippen LogP contribution in [0.1, 0.15) is 16.9 Å². The van der Waals surface area contributed by atoms with Crippen molar-refractivity contribution in [2.24, 2.45) is 0 Å². The summed E-state index contributed by atoms with van der Waals surface area (Å²) in [5.74, 6) is -1.27. The molecule has 0 bridgehead atoms. The Bertz CT molecular complexity index is 888. The molecule has 0 radical (unpaired) electrons. The van der Waals surface area contributed by atoms with Crippen molar-refractivity contribution in [3.05, 3.63) is 27.1 Å². The van der Waals surface area contributed by atoms with Crippen molar-refractivity contribution < 1.29 is 19.4 Å². The Kier molecular flexibility index (Phi) is 4.87.